The highest BCUT2D eigenvalue weighted by Crippen LogP contribution is 2.34. The minimum atomic E-state index is -0.649. The first-order chi connectivity index (χ1) is 12.5. The number of hydrogen-bond acceptors (Lipinski definition) is 5. The maximum atomic E-state index is 13.2. The monoisotopic (exact) mass is 362 g/mol. The SMILES string of the molecule is CCOc1cc([N+](=O)[O-])c(C(=O)NCCc2cccc(F)c2)cc1OC. The van der Waals surface area contributed by atoms with Gasteiger partial charge in [-0.1, -0.05) is 12.1 Å². The molecule has 8 heteroatoms. The number of carbonyl (C=O) groups is 1. The van der Waals surface area contributed by atoms with Crippen molar-refractivity contribution >= 4 is 11.6 Å². The summed E-state index contributed by atoms with van der Waals surface area (Å²) >= 11 is 0. The molecule has 2 aromatic rings. The molecule has 0 fully saturated rings. The Balaban J connectivity index is 2.17. The average Bonchev–Trinajstić information content (AvgIpc) is 2.61. The van der Waals surface area contributed by atoms with E-state index in [9.17, 15) is 19.3 Å². The molecule has 2 rings (SSSR count). The fraction of sp³-hybridized carbons (Fsp3) is 0.278. The topological polar surface area (TPSA) is 90.7 Å². The predicted octanol–water partition coefficient (Wildman–Crippen LogP) is 3.11. The van der Waals surface area contributed by atoms with Crippen molar-refractivity contribution in [2.75, 3.05) is 20.3 Å². The van der Waals surface area contributed by atoms with Crippen LogP contribution in [0.25, 0.3) is 0 Å². The number of rotatable bonds is 8. The molecule has 0 spiro atoms. The van der Waals surface area contributed by atoms with Crippen LogP contribution in [-0.2, 0) is 6.42 Å². The van der Waals surface area contributed by atoms with Gasteiger partial charge < -0.3 is 14.8 Å². The van der Waals surface area contributed by atoms with Crippen molar-refractivity contribution in [3.63, 3.8) is 0 Å². The smallest absolute Gasteiger partial charge is 0.286 e. The molecule has 0 saturated heterocycles. The Bertz CT molecular complexity index is 810. The van der Waals surface area contributed by atoms with Gasteiger partial charge in [-0.05, 0) is 31.0 Å². The lowest BCUT2D eigenvalue weighted by Gasteiger charge is -2.12. The Labute approximate surface area is 149 Å². The second-order valence-electron chi connectivity index (χ2n) is 5.35. The van der Waals surface area contributed by atoms with Crippen LogP contribution < -0.4 is 14.8 Å². The van der Waals surface area contributed by atoms with Gasteiger partial charge in [0.25, 0.3) is 11.6 Å². The summed E-state index contributed by atoms with van der Waals surface area (Å²) in [5.41, 5.74) is 0.205. The molecule has 26 heavy (non-hydrogen) atoms. The highest BCUT2D eigenvalue weighted by atomic mass is 19.1. The third kappa shape index (κ3) is 4.69. The molecule has 0 radical (unpaired) electrons. The van der Waals surface area contributed by atoms with Crippen LogP contribution in [0.2, 0.25) is 0 Å². The largest absolute Gasteiger partial charge is 0.493 e. The van der Waals surface area contributed by atoms with Gasteiger partial charge in [0.2, 0.25) is 0 Å². The van der Waals surface area contributed by atoms with Crippen LogP contribution in [0.1, 0.15) is 22.8 Å². The molecule has 0 atom stereocenters. The second kappa shape index (κ2) is 8.80. The van der Waals surface area contributed by atoms with E-state index in [0.717, 1.165) is 0 Å². The van der Waals surface area contributed by atoms with Crippen molar-refractivity contribution < 1.29 is 23.6 Å². The van der Waals surface area contributed by atoms with Crippen LogP contribution in [0.3, 0.4) is 0 Å². The molecule has 0 aliphatic carbocycles. The zero-order chi connectivity index (χ0) is 19.1. The van der Waals surface area contributed by atoms with E-state index >= 15 is 0 Å². The second-order valence-corrected chi connectivity index (χ2v) is 5.35. The van der Waals surface area contributed by atoms with Crippen LogP contribution in [0, 0.1) is 15.9 Å². The van der Waals surface area contributed by atoms with Crippen LogP contribution in [0.5, 0.6) is 11.5 Å². The summed E-state index contributed by atoms with van der Waals surface area (Å²) in [6.45, 7) is 2.24. The zero-order valence-electron chi connectivity index (χ0n) is 14.5. The standard InChI is InChI=1S/C18H19FN2O5/c1-3-26-17-11-15(21(23)24)14(10-16(17)25-2)18(22)20-8-7-12-5-4-6-13(19)9-12/h4-6,9-11H,3,7-8H2,1-2H3,(H,20,22). The van der Waals surface area contributed by atoms with Crippen LogP contribution in [0.15, 0.2) is 36.4 Å². The number of benzene rings is 2. The quantitative estimate of drug-likeness (QED) is 0.575. The van der Waals surface area contributed by atoms with Crippen molar-refractivity contribution in [2.45, 2.75) is 13.3 Å². The molecule has 0 aliphatic rings. The summed E-state index contributed by atoms with van der Waals surface area (Å²) in [4.78, 5) is 23.0. The number of nitro benzene ring substituents is 1. The summed E-state index contributed by atoms with van der Waals surface area (Å²) in [5.74, 6) is -0.555. The molecule has 1 N–H and O–H groups in total. The van der Waals surface area contributed by atoms with Gasteiger partial charge >= 0.3 is 0 Å². The van der Waals surface area contributed by atoms with Crippen LogP contribution in [-0.4, -0.2) is 31.1 Å². The third-order valence-electron chi connectivity index (χ3n) is 3.61. The maximum absolute atomic E-state index is 13.2. The number of hydrogen-bond donors (Lipinski definition) is 1. The minimum absolute atomic E-state index is 0.130. The number of nitrogens with one attached hydrogen (secondary N) is 1. The average molecular weight is 362 g/mol. The van der Waals surface area contributed by atoms with E-state index in [1.807, 2.05) is 0 Å². The first-order valence-corrected chi connectivity index (χ1v) is 7.98. The Morgan fingerprint density at radius 2 is 2.04 bits per heavy atom. The maximum Gasteiger partial charge on any atom is 0.286 e. The predicted molar refractivity (Wildman–Crippen MR) is 93.3 cm³/mol. The molecular weight excluding hydrogens is 343 g/mol. The number of ether oxygens (including phenoxy) is 2. The summed E-state index contributed by atoms with van der Waals surface area (Å²) in [6, 6.07) is 8.46. The van der Waals surface area contributed by atoms with Gasteiger partial charge in [0.05, 0.1) is 24.7 Å². The number of amides is 1. The van der Waals surface area contributed by atoms with Gasteiger partial charge in [0.15, 0.2) is 11.5 Å². The van der Waals surface area contributed by atoms with Gasteiger partial charge in [-0.2, -0.15) is 0 Å². The van der Waals surface area contributed by atoms with Gasteiger partial charge in [-0.15, -0.1) is 0 Å². The molecule has 0 aliphatic heterocycles. The van der Waals surface area contributed by atoms with Crippen LogP contribution in [0.4, 0.5) is 10.1 Å². The molecule has 0 saturated carbocycles. The Morgan fingerprint density at radius 3 is 2.65 bits per heavy atom. The number of nitrogens with zero attached hydrogens (tertiary/aromatic N) is 1. The molecule has 2 aromatic carbocycles. The van der Waals surface area contributed by atoms with E-state index < -0.39 is 10.8 Å². The number of halogens is 1. The van der Waals surface area contributed by atoms with Crippen molar-refractivity contribution in [3.8, 4) is 11.5 Å². The van der Waals surface area contributed by atoms with Crippen molar-refractivity contribution in [3.05, 3.63) is 63.5 Å². The Kier molecular flexibility index (Phi) is 6.48. The first kappa shape index (κ1) is 19.2. The molecular formula is C18H19FN2O5. The van der Waals surface area contributed by atoms with E-state index in [4.69, 9.17) is 9.47 Å². The molecule has 0 aromatic heterocycles. The first-order valence-electron chi connectivity index (χ1n) is 7.98. The molecule has 0 heterocycles. The molecule has 138 valence electrons. The lowest BCUT2D eigenvalue weighted by molar-refractivity contribution is -0.385. The lowest BCUT2D eigenvalue weighted by atomic mass is 10.1. The van der Waals surface area contributed by atoms with Crippen LogP contribution >= 0.6 is 0 Å². The summed E-state index contributed by atoms with van der Waals surface area (Å²) < 4.78 is 23.6. The molecule has 1 amide bonds. The molecule has 7 nitrogen and oxygen atoms in total. The molecule has 0 bridgehead atoms. The van der Waals surface area contributed by atoms with Gasteiger partial charge in [0.1, 0.15) is 11.4 Å². The number of carbonyl (C=O) groups excluding carboxylic acids is 1. The Hall–Kier alpha value is -3.16. The number of nitro groups is 1. The minimum Gasteiger partial charge on any atom is -0.493 e. The van der Waals surface area contributed by atoms with E-state index in [0.29, 0.717) is 18.6 Å². The third-order valence-corrected chi connectivity index (χ3v) is 3.61. The Morgan fingerprint density at radius 1 is 1.27 bits per heavy atom. The van der Waals surface area contributed by atoms with Crippen molar-refractivity contribution in [1.29, 1.82) is 0 Å². The highest BCUT2D eigenvalue weighted by Gasteiger charge is 2.24. The van der Waals surface area contributed by atoms with Gasteiger partial charge in [-0.3, -0.25) is 14.9 Å². The highest BCUT2D eigenvalue weighted by molar-refractivity contribution is 5.99. The molecule has 0 unspecified atom stereocenters. The van der Waals surface area contributed by atoms with E-state index in [1.54, 1.807) is 19.1 Å². The van der Waals surface area contributed by atoms with Crippen molar-refractivity contribution in [1.82, 2.24) is 5.32 Å². The van der Waals surface area contributed by atoms with E-state index in [-0.39, 0.29) is 35.1 Å². The fourth-order valence-corrected chi connectivity index (χ4v) is 2.42. The zero-order valence-corrected chi connectivity index (χ0v) is 14.5. The normalized spacial score (nSPS) is 10.3. The summed E-state index contributed by atoms with van der Waals surface area (Å²) in [6.07, 6.45) is 0.394. The number of methoxy groups -OCH3 is 1. The lowest BCUT2D eigenvalue weighted by Crippen LogP contribution is -2.26. The van der Waals surface area contributed by atoms with E-state index in [2.05, 4.69) is 5.32 Å². The summed E-state index contributed by atoms with van der Waals surface area (Å²) in [7, 11) is 1.38. The summed E-state index contributed by atoms with van der Waals surface area (Å²) in [5, 5.41) is 13.9. The van der Waals surface area contributed by atoms with Crippen molar-refractivity contribution in [2.24, 2.45) is 0 Å². The van der Waals surface area contributed by atoms with Gasteiger partial charge in [0, 0.05) is 12.6 Å². The fourth-order valence-electron chi connectivity index (χ4n) is 2.42. The van der Waals surface area contributed by atoms with Gasteiger partial charge in [-0.25, -0.2) is 4.39 Å². The van der Waals surface area contributed by atoms with E-state index in [1.165, 1.54) is 31.4 Å².